The van der Waals surface area contributed by atoms with E-state index in [1.807, 2.05) is 26.0 Å². The van der Waals surface area contributed by atoms with Crippen LogP contribution in [-0.4, -0.2) is 19.5 Å². The van der Waals surface area contributed by atoms with Crippen molar-refractivity contribution in [2.75, 3.05) is 18.5 Å². The summed E-state index contributed by atoms with van der Waals surface area (Å²) in [7, 11) is 1.74. The molecule has 0 spiro atoms. The predicted molar refractivity (Wildman–Crippen MR) is 58.4 cm³/mol. The number of benzene rings is 1. The van der Waals surface area contributed by atoms with Crippen LogP contribution < -0.4 is 10.6 Å². The lowest BCUT2D eigenvalue weighted by Gasteiger charge is -2.18. The second-order valence-corrected chi connectivity index (χ2v) is 3.45. The van der Waals surface area contributed by atoms with Crippen LogP contribution in [0.3, 0.4) is 0 Å². The molecule has 0 heterocycles. The summed E-state index contributed by atoms with van der Waals surface area (Å²) in [4.78, 5) is 12.9. The van der Waals surface area contributed by atoms with Crippen LogP contribution in [0, 0.1) is 13.8 Å². The minimum atomic E-state index is -0.0723. The summed E-state index contributed by atoms with van der Waals surface area (Å²) in [5.41, 5.74) is 8.51. The number of hydrogen-bond donors (Lipinski definition) is 1. The van der Waals surface area contributed by atoms with E-state index in [1.54, 1.807) is 11.9 Å². The summed E-state index contributed by atoms with van der Waals surface area (Å²) >= 11 is 0. The molecule has 0 fully saturated rings. The number of likely N-dealkylation sites (N-methyl/N-ethyl adjacent to an activating group) is 1. The van der Waals surface area contributed by atoms with Crippen molar-refractivity contribution in [2.45, 2.75) is 13.8 Å². The number of hydrogen-bond acceptors (Lipinski definition) is 2. The Morgan fingerprint density at radius 3 is 2.57 bits per heavy atom. The number of amides is 1. The van der Waals surface area contributed by atoms with Crippen molar-refractivity contribution in [2.24, 2.45) is 5.73 Å². The number of nitrogens with zero attached hydrogens (tertiary/aromatic N) is 1. The van der Waals surface area contributed by atoms with Gasteiger partial charge in [0.25, 0.3) is 0 Å². The Balaban J connectivity index is 3.01. The highest BCUT2D eigenvalue weighted by Crippen LogP contribution is 2.19. The molecule has 14 heavy (non-hydrogen) atoms. The first kappa shape index (κ1) is 10.7. The third kappa shape index (κ3) is 2.12. The molecular formula is C11H16N2O. The molecule has 1 aromatic rings. The second-order valence-electron chi connectivity index (χ2n) is 3.45. The molecule has 0 aliphatic carbocycles. The van der Waals surface area contributed by atoms with Crippen molar-refractivity contribution in [1.82, 2.24) is 0 Å². The molecule has 0 aromatic heterocycles. The Labute approximate surface area is 84.5 Å². The largest absolute Gasteiger partial charge is 0.322 e. The van der Waals surface area contributed by atoms with Gasteiger partial charge in [-0.15, -0.1) is 0 Å². The van der Waals surface area contributed by atoms with Crippen molar-refractivity contribution in [3.05, 3.63) is 29.3 Å². The number of nitrogens with two attached hydrogens (primary N) is 1. The lowest BCUT2D eigenvalue weighted by molar-refractivity contribution is -0.117. The Morgan fingerprint density at radius 2 is 2.07 bits per heavy atom. The summed E-state index contributed by atoms with van der Waals surface area (Å²) in [6.07, 6.45) is 0. The van der Waals surface area contributed by atoms with Crippen LogP contribution in [0.4, 0.5) is 5.69 Å². The number of aryl methyl sites for hydroxylation is 2. The fourth-order valence-corrected chi connectivity index (χ4v) is 1.45. The number of carbonyl (C=O) groups excluding carboxylic acids is 1. The maximum Gasteiger partial charge on any atom is 0.240 e. The van der Waals surface area contributed by atoms with E-state index in [0.717, 1.165) is 11.3 Å². The van der Waals surface area contributed by atoms with Crippen molar-refractivity contribution < 1.29 is 4.79 Å². The van der Waals surface area contributed by atoms with Crippen molar-refractivity contribution in [3.8, 4) is 0 Å². The monoisotopic (exact) mass is 192 g/mol. The number of rotatable bonds is 2. The van der Waals surface area contributed by atoms with Crippen molar-refractivity contribution in [1.29, 1.82) is 0 Å². The minimum absolute atomic E-state index is 0.0455. The molecule has 1 amide bonds. The molecule has 0 saturated carbocycles. The molecule has 0 bridgehead atoms. The van der Waals surface area contributed by atoms with Crippen LogP contribution in [0.1, 0.15) is 11.1 Å². The first-order chi connectivity index (χ1) is 6.56. The van der Waals surface area contributed by atoms with Crippen LogP contribution >= 0.6 is 0 Å². The standard InChI is InChI=1S/C11H16N2O/c1-8-4-5-10(9(2)6-8)13(3)11(14)7-12/h4-6H,7,12H2,1-3H3. The Morgan fingerprint density at radius 1 is 1.43 bits per heavy atom. The molecule has 76 valence electrons. The quantitative estimate of drug-likeness (QED) is 0.766. The van der Waals surface area contributed by atoms with E-state index in [-0.39, 0.29) is 12.5 Å². The van der Waals surface area contributed by atoms with E-state index < -0.39 is 0 Å². The lowest BCUT2D eigenvalue weighted by atomic mass is 10.1. The number of carbonyl (C=O) groups is 1. The Bertz CT molecular complexity index is 347. The third-order valence-corrected chi connectivity index (χ3v) is 2.26. The molecule has 0 radical (unpaired) electrons. The molecule has 0 saturated heterocycles. The first-order valence-electron chi connectivity index (χ1n) is 4.60. The topological polar surface area (TPSA) is 46.3 Å². The zero-order valence-corrected chi connectivity index (χ0v) is 8.87. The Hall–Kier alpha value is -1.35. The van der Waals surface area contributed by atoms with E-state index in [4.69, 9.17) is 5.73 Å². The van der Waals surface area contributed by atoms with Crippen molar-refractivity contribution >= 4 is 11.6 Å². The van der Waals surface area contributed by atoms with E-state index >= 15 is 0 Å². The van der Waals surface area contributed by atoms with Gasteiger partial charge in [0.1, 0.15) is 0 Å². The molecule has 0 unspecified atom stereocenters. The predicted octanol–water partition coefficient (Wildman–Crippen LogP) is 1.22. The van der Waals surface area contributed by atoms with Gasteiger partial charge in [0.15, 0.2) is 0 Å². The fraction of sp³-hybridized carbons (Fsp3) is 0.364. The molecule has 0 aliphatic rings. The smallest absolute Gasteiger partial charge is 0.240 e. The van der Waals surface area contributed by atoms with E-state index in [1.165, 1.54) is 5.56 Å². The SMILES string of the molecule is Cc1ccc(N(C)C(=O)CN)c(C)c1. The number of anilines is 1. The van der Waals surface area contributed by atoms with Gasteiger partial charge in [-0.2, -0.15) is 0 Å². The molecule has 3 nitrogen and oxygen atoms in total. The molecule has 2 N–H and O–H groups in total. The Kier molecular flexibility index (Phi) is 3.25. The zero-order valence-electron chi connectivity index (χ0n) is 8.87. The third-order valence-electron chi connectivity index (χ3n) is 2.26. The van der Waals surface area contributed by atoms with Gasteiger partial charge in [-0.05, 0) is 25.5 Å². The summed E-state index contributed by atoms with van der Waals surface area (Å²) in [5, 5.41) is 0. The molecular weight excluding hydrogens is 176 g/mol. The lowest BCUT2D eigenvalue weighted by Crippen LogP contribution is -2.32. The van der Waals surface area contributed by atoms with Gasteiger partial charge in [0, 0.05) is 12.7 Å². The van der Waals surface area contributed by atoms with Crippen LogP contribution in [0.25, 0.3) is 0 Å². The van der Waals surface area contributed by atoms with Gasteiger partial charge < -0.3 is 10.6 Å². The summed E-state index contributed by atoms with van der Waals surface area (Å²) in [6.45, 7) is 4.06. The van der Waals surface area contributed by atoms with Gasteiger partial charge in [-0.1, -0.05) is 17.7 Å². The fourth-order valence-electron chi connectivity index (χ4n) is 1.45. The van der Waals surface area contributed by atoms with Crippen LogP contribution in [-0.2, 0) is 4.79 Å². The van der Waals surface area contributed by atoms with E-state index in [2.05, 4.69) is 6.07 Å². The van der Waals surface area contributed by atoms with Crippen LogP contribution in [0.5, 0.6) is 0 Å². The van der Waals surface area contributed by atoms with Crippen molar-refractivity contribution in [3.63, 3.8) is 0 Å². The van der Waals surface area contributed by atoms with Crippen LogP contribution in [0.2, 0.25) is 0 Å². The maximum atomic E-state index is 11.4. The zero-order chi connectivity index (χ0) is 10.7. The molecule has 1 aromatic carbocycles. The summed E-state index contributed by atoms with van der Waals surface area (Å²) in [5.74, 6) is -0.0723. The van der Waals surface area contributed by atoms with Gasteiger partial charge in [-0.3, -0.25) is 4.79 Å². The minimum Gasteiger partial charge on any atom is -0.322 e. The van der Waals surface area contributed by atoms with Gasteiger partial charge in [0.2, 0.25) is 5.91 Å². The first-order valence-corrected chi connectivity index (χ1v) is 4.60. The molecule has 1 rings (SSSR count). The maximum absolute atomic E-state index is 11.4. The molecule has 0 atom stereocenters. The summed E-state index contributed by atoms with van der Waals surface area (Å²) in [6, 6.07) is 5.98. The van der Waals surface area contributed by atoms with Gasteiger partial charge in [0.05, 0.1) is 6.54 Å². The normalized spacial score (nSPS) is 10.0. The van der Waals surface area contributed by atoms with Gasteiger partial charge >= 0.3 is 0 Å². The summed E-state index contributed by atoms with van der Waals surface area (Å²) < 4.78 is 0. The highest BCUT2D eigenvalue weighted by atomic mass is 16.2. The highest BCUT2D eigenvalue weighted by Gasteiger charge is 2.10. The van der Waals surface area contributed by atoms with E-state index in [0.29, 0.717) is 0 Å². The molecule has 0 aliphatic heterocycles. The second kappa shape index (κ2) is 4.24. The highest BCUT2D eigenvalue weighted by molar-refractivity contribution is 5.94. The van der Waals surface area contributed by atoms with Gasteiger partial charge in [-0.25, -0.2) is 0 Å². The average molecular weight is 192 g/mol. The van der Waals surface area contributed by atoms with Crippen LogP contribution in [0.15, 0.2) is 18.2 Å². The van der Waals surface area contributed by atoms with E-state index in [9.17, 15) is 4.79 Å². The molecule has 3 heteroatoms. The average Bonchev–Trinajstić information content (AvgIpc) is 2.15.